The summed E-state index contributed by atoms with van der Waals surface area (Å²) in [6.45, 7) is -0.354. The van der Waals surface area contributed by atoms with E-state index in [4.69, 9.17) is 9.15 Å². The van der Waals surface area contributed by atoms with E-state index in [9.17, 15) is 23.2 Å². The number of thioether (sulfide) groups is 1. The summed E-state index contributed by atoms with van der Waals surface area (Å²) in [5.41, 5.74) is 1.06. The van der Waals surface area contributed by atoms with Crippen LogP contribution in [0.5, 0.6) is 5.75 Å². The molecule has 36 heavy (non-hydrogen) atoms. The van der Waals surface area contributed by atoms with Crippen LogP contribution in [0.15, 0.2) is 75.3 Å². The van der Waals surface area contributed by atoms with Crippen LogP contribution in [-0.2, 0) is 9.59 Å². The number of furan rings is 1. The van der Waals surface area contributed by atoms with Gasteiger partial charge in [0.15, 0.2) is 6.61 Å². The summed E-state index contributed by atoms with van der Waals surface area (Å²) in [4.78, 5) is 36.3. The maximum absolute atomic E-state index is 14.4. The summed E-state index contributed by atoms with van der Waals surface area (Å²) in [6.07, 6.45) is 3.22. The molecule has 3 aromatic rings. The lowest BCUT2D eigenvalue weighted by Crippen LogP contribution is -2.31. The summed E-state index contributed by atoms with van der Waals surface area (Å²) in [5.74, 6) is -1.56. The predicted molar refractivity (Wildman–Crippen MR) is 127 cm³/mol. The highest BCUT2D eigenvalue weighted by atomic mass is 32.2. The molecule has 1 N–H and O–H groups in total. The van der Waals surface area contributed by atoms with Crippen LogP contribution in [0.4, 0.5) is 13.6 Å². The van der Waals surface area contributed by atoms with E-state index in [2.05, 4.69) is 10.4 Å². The highest BCUT2D eigenvalue weighted by Crippen LogP contribution is 2.34. The van der Waals surface area contributed by atoms with Crippen LogP contribution in [0.1, 0.15) is 29.3 Å². The second kappa shape index (κ2) is 9.78. The van der Waals surface area contributed by atoms with Crippen molar-refractivity contribution in [3.8, 4) is 5.75 Å². The molecule has 2 aliphatic heterocycles. The number of nitrogens with zero attached hydrogens (tertiary/aromatic N) is 2. The Hall–Kier alpha value is -4.25. The Labute approximate surface area is 207 Å². The fourth-order valence-electron chi connectivity index (χ4n) is 3.77. The first-order valence-corrected chi connectivity index (χ1v) is 11.5. The Bertz CT molecular complexity index is 1400. The quantitative estimate of drug-likeness (QED) is 0.486. The number of nitrogens with one attached hydrogen (secondary N) is 1. The molecular weight excluding hydrogens is 492 g/mol. The van der Waals surface area contributed by atoms with Gasteiger partial charge in [0, 0.05) is 18.1 Å². The van der Waals surface area contributed by atoms with Gasteiger partial charge in [-0.05, 0) is 59.8 Å². The lowest BCUT2D eigenvalue weighted by atomic mass is 10.0. The number of carbonyl (C=O) groups is 3. The minimum Gasteiger partial charge on any atom is -0.484 e. The number of ether oxygens (including phenoxy) is 1. The van der Waals surface area contributed by atoms with Gasteiger partial charge in [-0.25, -0.2) is 13.8 Å². The van der Waals surface area contributed by atoms with Crippen LogP contribution >= 0.6 is 11.8 Å². The smallest absolute Gasteiger partial charge is 0.290 e. The first-order chi connectivity index (χ1) is 17.4. The summed E-state index contributed by atoms with van der Waals surface area (Å²) in [5, 5.41) is 7.25. The molecule has 0 radical (unpaired) electrons. The molecule has 1 unspecified atom stereocenters. The second-order valence-electron chi connectivity index (χ2n) is 7.85. The molecule has 1 fully saturated rings. The fourth-order valence-corrected chi connectivity index (χ4v) is 4.46. The second-order valence-corrected chi connectivity index (χ2v) is 8.87. The number of imide groups is 1. The van der Waals surface area contributed by atoms with E-state index in [1.54, 1.807) is 42.5 Å². The van der Waals surface area contributed by atoms with Gasteiger partial charge in [0.1, 0.15) is 29.2 Å². The molecule has 182 valence electrons. The van der Waals surface area contributed by atoms with Crippen LogP contribution in [0.25, 0.3) is 6.08 Å². The standard InChI is InChI=1S/C25H17F2N3O5S/c26-15-5-8-17(18(27)11-15)19-12-20(21-2-1-9-34-21)30(29-19)23(31)13-35-16-6-3-14(4-7-16)10-22-24(32)28-25(33)36-22/h1-11,20H,12-13H2,(H,28,32,33)/b22-10+. The number of halogens is 2. The third kappa shape index (κ3) is 4.91. The van der Waals surface area contributed by atoms with Crippen molar-refractivity contribution in [1.29, 1.82) is 0 Å². The lowest BCUT2D eigenvalue weighted by molar-refractivity contribution is -0.135. The third-order valence-corrected chi connectivity index (χ3v) is 6.27. The first kappa shape index (κ1) is 23.5. The summed E-state index contributed by atoms with van der Waals surface area (Å²) in [6, 6.07) is 12.5. The van der Waals surface area contributed by atoms with Gasteiger partial charge in [0.2, 0.25) is 0 Å². The largest absolute Gasteiger partial charge is 0.484 e. The Balaban J connectivity index is 1.29. The molecule has 3 heterocycles. The zero-order valence-corrected chi connectivity index (χ0v) is 19.3. The van der Waals surface area contributed by atoms with Crippen LogP contribution in [-0.4, -0.2) is 34.4 Å². The van der Waals surface area contributed by atoms with Crippen molar-refractivity contribution < 1.29 is 32.3 Å². The number of hydrazone groups is 1. The summed E-state index contributed by atoms with van der Waals surface area (Å²) >= 11 is 0.818. The van der Waals surface area contributed by atoms with Crippen LogP contribution in [0.2, 0.25) is 0 Å². The Morgan fingerprint density at radius 1 is 1.19 bits per heavy atom. The van der Waals surface area contributed by atoms with Gasteiger partial charge in [0.25, 0.3) is 17.1 Å². The van der Waals surface area contributed by atoms with Crippen LogP contribution in [0, 0.1) is 11.6 Å². The zero-order valence-electron chi connectivity index (χ0n) is 18.4. The van der Waals surface area contributed by atoms with E-state index in [-0.39, 0.29) is 29.2 Å². The average molecular weight is 509 g/mol. The molecular formula is C25H17F2N3O5S. The number of rotatable bonds is 6. The van der Waals surface area contributed by atoms with E-state index in [1.807, 2.05) is 0 Å². The van der Waals surface area contributed by atoms with Crippen molar-refractivity contribution in [2.24, 2.45) is 5.10 Å². The molecule has 11 heteroatoms. The summed E-state index contributed by atoms with van der Waals surface area (Å²) in [7, 11) is 0. The number of carbonyl (C=O) groups excluding carboxylic acids is 3. The Kier molecular flexibility index (Phi) is 6.38. The van der Waals surface area contributed by atoms with Gasteiger partial charge in [0.05, 0.1) is 16.9 Å². The molecule has 0 bridgehead atoms. The van der Waals surface area contributed by atoms with Crippen molar-refractivity contribution in [1.82, 2.24) is 10.3 Å². The fraction of sp³-hybridized carbons (Fsp3) is 0.120. The molecule has 5 rings (SSSR count). The van der Waals surface area contributed by atoms with Crippen molar-refractivity contribution in [3.63, 3.8) is 0 Å². The molecule has 8 nitrogen and oxygen atoms in total. The van der Waals surface area contributed by atoms with E-state index in [0.29, 0.717) is 17.1 Å². The van der Waals surface area contributed by atoms with E-state index < -0.39 is 34.7 Å². The molecule has 1 atom stereocenters. The topological polar surface area (TPSA) is 101 Å². The maximum Gasteiger partial charge on any atom is 0.290 e. The predicted octanol–water partition coefficient (Wildman–Crippen LogP) is 4.64. The van der Waals surface area contributed by atoms with Gasteiger partial charge in [-0.2, -0.15) is 5.10 Å². The highest BCUT2D eigenvalue weighted by Gasteiger charge is 2.36. The number of hydrogen-bond donors (Lipinski definition) is 1. The molecule has 3 amide bonds. The zero-order chi connectivity index (χ0) is 25.2. The molecule has 0 spiro atoms. The van der Waals surface area contributed by atoms with Gasteiger partial charge < -0.3 is 9.15 Å². The monoisotopic (exact) mass is 509 g/mol. The molecule has 0 saturated carbocycles. The number of hydrogen-bond acceptors (Lipinski definition) is 7. The van der Waals surface area contributed by atoms with Gasteiger partial charge >= 0.3 is 0 Å². The van der Waals surface area contributed by atoms with Gasteiger partial charge in [-0.3, -0.25) is 19.7 Å². The van der Waals surface area contributed by atoms with Gasteiger partial charge in [-0.1, -0.05) is 12.1 Å². The van der Waals surface area contributed by atoms with Crippen molar-refractivity contribution >= 4 is 40.6 Å². The van der Waals surface area contributed by atoms with Crippen LogP contribution < -0.4 is 10.1 Å². The first-order valence-electron chi connectivity index (χ1n) is 10.7. The molecule has 2 aliphatic rings. The van der Waals surface area contributed by atoms with E-state index in [1.165, 1.54) is 17.3 Å². The van der Waals surface area contributed by atoms with Gasteiger partial charge in [-0.15, -0.1) is 0 Å². The Morgan fingerprint density at radius 2 is 2.00 bits per heavy atom. The highest BCUT2D eigenvalue weighted by molar-refractivity contribution is 8.18. The third-order valence-electron chi connectivity index (χ3n) is 5.46. The Morgan fingerprint density at radius 3 is 2.67 bits per heavy atom. The number of amides is 3. The van der Waals surface area contributed by atoms with E-state index >= 15 is 0 Å². The minimum absolute atomic E-state index is 0.102. The van der Waals surface area contributed by atoms with Crippen molar-refractivity contribution in [2.75, 3.05) is 6.61 Å². The molecule has 0 aliphatic carbocycles. The molecule has 1 aromatic heterocycles. The van der Waals surface area contributed by atoms with Crippen molar-refractivity contribution in [2.45, 2.75) is 12.5 Å². The van der Waals surface area contributed by atoms with Crippen molar-refractivity contribution in [3.05, 3.63) is 94.3 Å². The minimum atomic E-state index is -0.773. The van der Waals surface area contributed by atoms with Crippen LogP contribution in [0.3, 0.4) is 0 Å². The number of benzene rings is 2. The molecule has 1 saturated heterocycles. The van der Waals surface area contributed by atoms with E-state index in [0.717, 1.165) is 23.9 Å². The molecule has 2 aromatic carbocycles. The summed E-state index contributed by atoms with van der Waals surface area (Å²) < 4.78 is 38.8. The lowest BCUT2D eigenvalue weighted by Gasteiger charge is -2.20. The maximum atomic E-state index is 14.4. The average Bonchev–Trinajstić information content (AvgIpc) is 3.59. The SMILES string of the molecule is O=C1NC(=O)/C(=C\c2ccc(OCC(=O)N3N=C(c4ccc(F)cc4F)CC3c3ccco3)cc2)S1. The normalized spacial score (nSPS) is 18.5.